The molecule has 0 saturated carbocycles. The van der Waals surface area contributed by atoms with E-state index in [1.54, 1.807) is 12.5 Å². The van der Waals surface area contributed by atoms with Gasteiger partial charge in [0.2, 0.25) is 11.9 Å². The molecule has 0 aliphatic rings. The van der Waals surface area contributed by atoms with Crippen molar-refractivity contribution in [1.82, 2.24) is 14.9 Å². The van der Waals surface area contributed by atoms with Crippen LogP contribution in [0.15, 0.2) is 79.2 Å². The van der Waals surface area contributed by atoms with E-state index in [1.165, 1.54) is 6.08 Å². The monoisotopic (exact) mass is 458 g/mol. The van der Waals surface area contributed by atoms with Crippen LogP contribution in [0.3, 0.4) is 0 Å². The van der Waals surface area contributed by atoms with Crippen LogP contribution in [-0.2, 0) is 4.79 Å². The Kier molecular flexibility index (Phi) is 8.76. The maximum absolute atomic E-state index is 12.1. The molecule has 0 aliphatic heterocycles. The number of aryl methyl sites for hydroxylation is 1. The second kappa shape index (κ2) is 12.2. The molecular weight excluding hydrogens is 428 g/mol. The average Bonchev–Trinajstić information content (AvgIpc) is 2.80. The first kappa shape index (κ1) is 24.5. The van der Waals surface area contributed by atoms with Crippen LogP contribution in [0.1, 0.15) is 12.5 Å². The van der Waals surface area contributed by atoms with Gasteiger partial charge in [0, 0.05) is 47.5 Å². The highest BCUT2D eigenvalue weighted by Gasteiger charge is 2.07. The smallest absolute Gasteiger partial charge is 0.248 e. The number of nitrogens with one attached hydrogen (secondary N) is 3. The minimum Gasteiger partial charge on any atom is -0.465 e. The summed E-state index contributed by atoms with van der Waals surface area (Å²) in [5.74, 6) is 1.65. The van der Waals surface area contributed by atoms with Gasteiger partial charge in [-0.2, -0.15) is 4.98 Å². The maximum Gasteiger partial charge on any atom is 0.248 e. The van der Waals surface area contributed by atoms with Crippen LogP contribution < -0.4 is 20.7 Å². The molecule has 3 aromatic rings. The lowest BCUT2D eigenvalue weighted by Gasteiger charge is -2.12. The molecule has 0 unspecified atom stereocenters. The predicted molar refractivity (Wildman–Crippen MR) is 138 cm³/mol. The van der Waals surface area contributed by atoms with Crippen molar-refractivity contribution < 1.29 is 9.53 Å². The third-order valence-electron chi connectivity index (χ3n) is 4.53. The number of likely N-dealkylation sites (N-methyl/N-ethyl adjacent to an activating group) is 1. The summed E-state index contributed by atoms with van der Waals surface area (Å²) < 4.78 is 5.52. The molecule has 34 heavy (non-hydrogen) atoms. The number of benzene rings is 2. The summed E-state index contributed by atoms with van der Waals surface area (Å²) in [6.45, 7) is 4.52. The molecule has 0 fully saturated rings. The largest absolute Gasteiger partial charge is 0.465 e. The second-order valence-corrected chi connectivity index (χ2v) is 7.82. The molecule has 1 amide bonds. The van der Waals surface area contributed by atoms with Gasteiger partial charge in [-0.05, 0) is 58.3 Å². The number of amides is 1. The summed E-state index contributed by atoms with van der Waals surface area (Å²) in [6.07, 6.45) is 8.55. The van der Waals surface area contributed by atoms with E-state index >= 15 is 0 Å². The fourth-order valence-electron chi connectivity index (χ4n) is 2.92. The molecule has 0 atom stereocenters. The van der Waals surface area contributed by atoms with E-state index in [0.717, 1.165) is 16.9 Å². The van der Waals surface area contributed by atoms with Crippen LogP contribution in [0, 0.1) is 6.92 Å². The van der Waals surface area contributed by atoms with Crippen molar-refractivity contribution in [3.8, 4) is 5.75 Å². The summed E-state index contributed by atoms with van der Waals surface area (Å²) in [4.78, 5) is 23.1. The van der Waals surface area contributed by atoms with Crippen molar-refractivity contribution in [1.29, 1.82) is 0 Å². The number of anilines is 5. The fraction of sp³-hybridized carbons (Fsp3) is 0.192. The minimum absolute atomic E-state index is 0.177. The van der Waals surface area contributed by atoms with Gasteiger partial charge in [0.1, 0.15) is 11.6 Å². The van der Waals surface area contributed by atoms with E-state index in [9.17, 15) is 4.79 Å². The molecule has 0 aliphatic carbocycles. The predicted octanol–water partition coefficient (Wildman–Crippen LogP) is 5.24. The van der Waals surface area contributed by atoms with E-state index in [-0.39, 0.29) is 5.91 Å². The van der Waals surface area contributed by atoms with Gasteiger partial charge in [-0.1, -0.05) is 24.3 Å². The molecule has 1 heterocycles. The summed E-state index contributed by atoms with van der Waals surface area (Å²) in [5.41, 5.74) is 3.18. The molecule has 0 bridgehead atoms. The van der Waals surface area contributed by atoms with Crippen LogP contribution in [0.4, 0.5) is 28.8 Å². The number of hydrogen-bond acceptors (Lipinski definition) is 7. The number of ether oxygens (including phenoxy) is 1. The fourth-order valence-corrected chi connectivity index (χ4v) is 2.92. The third-order valence-corrected chi connectivity index (χ3v) is 4.53. The number of nitrogens with zero attached hydrogens (tertiary/aromatic N) is 3. The van der Waals surface area contributed by atoms with Crippen molar-refractivity contribution in [3.05, 3.63) is 84.8 Å². The summed E-state index contributed by atoms with van der Waals surface area (Å²) in [5, 5.41) is 9.39. The zero-order valence-electron chi connectivity index (χ0n) is 19.9. The molecule has 8 heteroatoms. The SMILES string of the molecule is CC=COc1cccc(Nc2ncc(C)c(Nc3cccc(NC(=O)C=CCN(C)C)c3)n2)c1. The molecule has 0 saturated heterocycles. The maximum atomic E-state index is 12.1. The normalized spacial score (nSPS) is 11.2. The lowest BCUT2D eigenvalue weighted by atomic mass is 10.2. The van der Waals surface area contributed by atoms with Gasteiger partial charge in [-0.25, -0.2) is 4.98 Å². The highest BCUT2D eigenvalue weighted by Crippen LogP contribution is 2.24. The zero-order valence-corrected chi connectivity index (χ0v) is 19.9. The van der Waals surface area contributed by atoms with E-state index < -0.39 is 0 Å². The Labute approximate surface area is 200 Å². The second-order valence-electron chi connectivity index (χ2n) is 7.82. The number of allylic oxidation sites excluding steroid dienone is 1. The summed E-state index contributed by atoms with van der Waals surface area (Å²) >= 11 is 0. The molecular formula is C26H30N6O2. The Morgan fingerprint density at radius 2 is 1.79 bits per heavy atom. The lowest BCUT2D eigenvalue weighted by molar-refractivity contribution is -0.111. The molecule has 176 valence electrons. The van der Waals surface area contributed by atoms with Crippen LogP contribution in [0.5, 0.6) is 5.75 Å². The molecule has 1 aromatic heterocycles. The van der Waals surface area contributed by atoms with Gasteiger partial charge in [0.05, 0.1) is 6.26 Å². The van der Waals surface area contributed by atoms with Gasteiger partial charge in [-0.3, -0.25) is 4.79 Å². The standard InChI is InChI=1S/C26H30N6O2/c1-5-15-34-23-12-7-11-22(17-23)30-26-27-18-19(2)25(31-26)29-21-10-6-9-20(16-21)28-24(33)13-8-14-32(3)4/h5-13,15-18H,14H2,1-4H3,(H,28,33)(H2,27,29,30,31). The number of hydrogen-bond donors (Lipinski definition) is 3. The van der Waals surface area contributed by atoms with Crippen LogP contribution in [-0.4, -0.2) is 41.4 Å². The molecule has 0 radical (unpaired) electrons. The Morgan fingerprint density at radius 1 is 1.06 bits per heavy atom. The quantitative estimate of drug-likeness (QED) is 0.283. The first-order chi connectivity index (χ1) is 16.4. The highest BCUT2D eigenvalue weighted by atomic mass is 16.5. The number of aromatic nitrogens is 2. The van der Waals surface area contributed by atoms with Gasteiger partial charge in [0.15, 0.2) is 0 Å². The third kappa shape index (κ3) is 7.75. The summed E-state index contributed by atoms with van der Waals surface area (Å²) in [7, 11) is 3.90. The molecule has 3 N–H and O–H groups in total. The first-order valence-corrected chi connectivity index (χ1v) is 10.9. The zero-order chi connectivity index (χ0) is 24.3. The van der Waals surface area contributed by atoms with E-state index in [2.05, 4.69) is 25.9 Å². The number of carbonyl (C=O) groups excluding carboxylic acids is 1. The van der Waals surface area contributed by atoms with Crippen molar-refractivity contribution >= 4 is 34.7 Å². The first-order valence-electron chi connectivity index (χ1n) is 10.9. The number of rotatable bonds is 10. The van der Waals surface area contributed by atoms with Crippen LogP contribution in [0.25, 0.3) is 0 Å². The van der Waals surface area contributed by atoms with Crippen molar-refractivity contribution in [2.75, 3.05) is 36.6 Å². The van der Waals surface area contributed by atoms with Crippen LogP contribution in [0.2, 0.25) is 0 Å². The van der Waals surface area contributed by atoms with E-state index in [4.69, 9.17) is 4.74 Å². The van der Waals surface area contributed by atoms with Gasteiger partial charge in [-0.15, -0.1) is 0 Å². The Bertz CT molecular complexity index is 1170. The van der Waals surface area contributed by atoms with Gasteiger partial charge in [0.25, 0.3) is 0 Å². The average molecular weight is 459 g/mol. The Morgan fingerprint density at radius 3 is 2.56 bits per heavy atom. The van der Waals surface area contributed by atoms with Crippen molar-refractivity contribution in [3.63, 3.8) is 0 Å². The van der Waals surface area contributed by atoms with Crippen molar-refractivity contribution in [2.24, 2.45) is 0 Å². The molecule has 3 rings (SSSR count). The minimum atomic E-state index is -0.177. The molecule has 2 aromatic carbocycles. The Hall–Kier alpha value is -4.17. The number of carbonyl (C=O) groups is 1. The van der Waals surface area contributed by atoms with Crippen LogP contribution >= 0.6 is 0 Å². The highest BCUT2D eigenvalue weighted by molar-refractivity contribution is 5.99. The molecule has 0 spiro atoms. The lowest BCUT2D eigenvalue weighted by Crippen LogP contribution is -2.13. The summed E-state index contributed by atoms with van der Waals surface area (Å²) in [6, 6.07) is 15.0. The van der Waals surface area contributed by atoms with Gasteiger partial charge < -0.3 is 25.6 Å². The van der Waals surface area contributed by atoms with E-state index in [0.29, 0.717) is 29.7 Å². The van der Waals surface area contributed by atoms with E-state index in [1.807, 2.05) is 93.5 Å². The Balaban J connectivity index is 1.69. The topological polar surface area (TPSA) is 91.4 Å². The van der Waals surface area contributed by atoms with Gasteiger partial charge >= 0.3 is 0 Å². The molecule has 8 nitrogen and oxygen atoms in total. The van der Waals surface area contributed by atoms with Crippen molar-refractivity contribution in [2.45, 2.75) is 13.8 Å².